The lowest BCUT2D eigenvalue weighted by Gasteiger charge is -2.21. The zero-order valence-corrected chi connectivity index (χ0v) is 12.9. The monoisotopic (exact) mass is 295 g/mol. The molecule has 2 aromatic rings. The summed E-state index contributed by atoms with van der Waals surface area (Å²) in [7, 11) is 1.86. The van der Waals surface area contributed by atoms with Crippen LogP contribution in [0.1, 0.15) is 42.8 Å². The predicted octanol–water partition coefficient (Wildman–Crippen LogP) is 3.87. The summed E-state index contributed by atoms with van der Waals surface area (Å²) < 4.78 is 15.3. The number of rotatable bonds is 4. The molecule has 3 nitrogen and oxygen atoms in total. The fourth-order valence-corrected chi connectivity index (χ4v) is 2.58. The Labute approximate surface area is 123 Å². The second-order valence-electron chi connectivity index (χ2n) is 5.15. The van der Waals surface area contributed by atoms with E-state index in [4.69, 9.17) is 11.6 Å². The van der Waals surface area contributed by atoms with Crippen molar-refractivity contribution in [3.8, 4) is 0 Å². The van der Waals surface area contributed by atoms with Gasteiger partial charge in [0.15, 0.2) is 0 Å². The van der Waals surface area contributed by atoms with E-state index in [9.17, 15) is 4.39 Å². The first-order valence-electron chi connectivity index (χ1n) is 6.62. The van der Waals surface area contributed by atoms with E-state index in [1.807, 2.05) is 17.8 Å². The molecule has 0 bridgehead atoms. The Morgan fingerprint density at radius 1 is 1.35 bits per heavy atom. The summed E-state index contributed by atoms with van der Waals surface area (Å²) in [6.07, 6.45) is 1.65. The van der Waals surface area contributed by atoms with Crippen molar-refractivity contribution in [2.75, 3.05) is 7.05 Å². The molecule has 108 valence electrons. The molecule has 1 N–H and O–H groups in total. The fourth-order valence-electron chi connectivity index (χ4n) is 2.34. The van der Waals surface area contributed by atoms with Gasteiger partial charge in [0.2, 0.25) is 0 Å². The van der Waals surface area contributed by atoms with Crippen LogP contribution in [-0.2, 0) is 0 Å². The molecule has 0 radical (unpaired) electrons. The van der Waals surface area contributed by atoms with Gasteiger partial charge >= 0.3 is 0 Å². The second-order valence-corrected chi connectivity index (χ2v) is 5.55. The first-order chi connectivity index (χ1) is 9.45. The predicted molar refractivity (Wildman–Crippen MR) is 79.7 cm³/mol. The molecule has 20 heavy (non-hydrogen) atoms. The maximum absolute atomic E-state index is 13.4. The number of hydrogen-bond acceptors (Lipinski definition) is 2. The smallest absolute Gasteiger partial charge is 0.126 e. The Hall–Kier alpha value is -1.39. The number of aromatic nitrogens is 2. The zero-order valence-electron chi connectivity index (χ0n) is 12.1. The standard InChI is InChI=1S/C15H19ClFN3/c1-9(2)20-15(12(16)8-19-20)14(18-4)11-5-6-13(17)10(3)7-11/h5-9,14,18H,1-4H3. The molecule has 0 saturated heterocycles. The molecule has 0 aliphatic rings. The normalized spacial score (nSPS) is 12.9. The molecule has 0 amide bonds. The van der Waals surface area contributed by atoms with E-state index in [0.717, 1.165) is 11.3 Å². The second kappa shape index (κ2) is 5.94. The van der Waals surface area contributed by atoms with Crippen molar-refractivity contribution in [2.45, 2.75) is 32.9 Å². The minimum absolute atomic E-state index is 0.119. The number of hydrogen-bond donors (Lipinski definition) is 1. The molecule has 1 aromatic heterocycles. The van der Waals surface area contributed by atoms with Crippen molar-refractivity contribution in [3.63, 3.8) is 0 Å². The van der Waals surface area contributed by atoms with Gasteiger partial charge in [-0.1, -0.05) is 23.7 Å². The van der Waals surface area contributed by atoms with Crippen LogP contribution in [0.4, 0.5) is 4.39 Å². The van der Waals surface area contributed by atoms with Crippen LogP contribution in [0.5, 0.6) is 0 Å². The number of aryl methyl sites for hydroxylation is 1. The van der Waals surface area contributed by atoms with Crippen LogP contribution in [-0.4, -0.2) is 16.8 Å². The van der Waals surface area contributed by atoms with Gasteiger partial charge in [-0.15, -0.1) is 0 Å². The van der Waals surface area contributed by atoms with E-state index in [1.165, 1.54) is 6.07 Å². The first-order valence-corrected chi connectivity index (χ1v) is 6.99. The fraction of sp³-hybridized carbons (Fsp3) is 0.400. The van der Waals surface area contributed by atoms with Gasteiger partial charge < -0.3 is 5.32 Å². The first kappa shape index (κ1) is 15.0. The van der Waals surface area contributed by atoms with E-state index in [1.54, 1.807) is 19.2 Å². The van der Waals surface area contributed by atoms with Crippen molar-refractivity contribution in [2.24, 2.45) is 0 Å². The van der Waals surface area contributed by atoms with Crippen molar-refractivity contribution >= 4 is 11.6 Å². The Morgan fingerprint density at radius 2 is 2.05 bits per heavy atom. The topological polar surface area (TPSA) is 29.9 Å². The molecule has 0 spiro atoms. The van der Waals surface area contributed by atoms with Crippen molar-refractivity contribution in [3.05, 3.63) is 52.1 Å². The van der Waals surface area contributed by atoms with Gasteiger partial charge in [-0.3, -0.25) is 4.68 Å². The van der Waals surface area contributed by atoms with Crippen LogP contribution in [0.15, 0.2) is 24.4 Å². The number of nitrogens with zero attached hydrogens (tertiary/aromatic N) is 2. The molecule has 2 rings (SSSR count). The third-order valence-corrected chi connectivity index (χ3v) is 3.64. The lowest BCUT2D eigenvalue weighted by Crippen LogP contribution is -2.23. The van der Waals surface area contributed by atoms with E-state index in [2.05, 4.69) is 24.3 Å². The summed E-state index contributed by atoms with van der Waals surface area (Å²) in [5, 5.41) is 8.17. The van der Waals surface area contributed by atoms with Gasteiger partial charge in [0.05, 0.1) is 23.0 Å². The van der Waals surface area contributed by atoms with Gasteiger partial charge in [0.1, 0.15) is 5.82 Å². The van der Waals surface area contributed by atoms with Gasteiger partial charge in [0.25, 0.3) is 0 Å². The quantitative estimate of drug-likeness (QED) is 0.928. The maximum Gasteiger partial charge on any atom is 0.126 e. The van der Waals surface area contributed by atoms with Crippen LogP contribution in [0, 0.1) is 12.7 Å². The molecule has 0 aliphatic heterocycles. The maximum atomic E-state index is 13.4. The Bertz CT molecular complexity index is 607. The number of benzene rings is 1. The SMILES string of the molecule is CNC(c1ccc(F)c(C)c1)c1c(Cl)cnn1C(C)C. The highest BCUT2D eigenvalue weighted by molar-refractivity contribution is 6.31. The third-order valence-electron chi connectivity index (χ3n) is 3.35. The highest BCUT2D eigenvalue weighted by Crippen LogP contribution is 2.30. The van der Waals surface area contributed by atoms with Crippen LogP contribution < -0.4 is 5.32 Å². The molecule has 1 heterocycles. The van der Waals surface area contributed by atoms with E-state index < -0.39 is 0 Å². The van der Waals surface area contributed by atoms with Gasteiger partial charge in [-0.2, -0.15) is 5.10 Å². The molecule has 1 aromatic carbocycles. The van der Waals surface area contributed by atoms with E-state index in [-0.39, 0.29) is 17.9 Å². The van der Waals surface area contributed by atoms with Crippen molar-refractivity contribution < 1.29 is 4.39 Å². The molecule has 0 fully saturated rings. The summed E-state index contributed by atoms with van der Waals surface area (Å²) >= 11 is 6.29. The summed E-state index contributed by atoms with van der Waals surface area (Å²) in [6, 6.07) is 5.18. The summed E-state index contributed by atoms with van der Waals surface area (Å²) in [5.41, 5.74) is 2.49. The van der Waals surface area contributed by atoms with Gasteiger partial charge in [-0.25, -0.2) is 4.39 Å². The number of nitrogens with one attached hydrogen (secondary N) is 1. The molecule has 5 heteroatoms. The van der Waals surface area contributed by atoms with Crippen LogP contribution in [0.25, 0.3) is 0 Å². The third kappa shape index (κ3) is 2.72. The van der Waals surface area contributed by atoms with Crippen molar-refractivity contribution in [1.82, 2.24) is 15.1 Å². The molecule has 0 saturated carbocycles. The van der Waals surface area contributed by atoms with Gasteiger partial charge in [-0.05, 0) is 45.0 Å². The van der Waals surface area contributed by atoms with Gasteiger partial charge in [0, 0.05) is 6.04 Å². The minimum atomic E-state index is -0.202. The summed E-state index contributed by atoms with van der Waals surface area (Å²) in [4.78, 5) is 0. The van der Waals surface area contributed by atoms with E-state index in [0.29, 0.717) is 10.6 Å². The van der Waals surface area contributed by atoms with Crippen LogP contribution in [0.3, 0.4) is 0 Å². The largest absolute Gasteiger partial charge is 0.308 e. The average molecular weight is 296 g/mol. The van der Waals surface area contributed by atoms with Crippen LogP contribution in [0.2, 0.25) is 5.02 Å². The van der Waals surface area contributed by atoms with E-state index >= 15 is 0 Å². The lowest BCUT2D eigenvalue weighted by molar-refractivity contribution is 0.484. The summed E-state index contributed by atoms with van der Waals surface area (Å²) in [6.45, 7) is 5.86. The molecule has 1 atom stereocenters. The Morgan fingerprint density at radius 3 is 2.60 bits per heavy atom. The summed E-state index contributed by atoms with van der Waals surface area (Å²) in [5.74, 6) is -0.202. The molecular weight excluding hydrogens is 277 g/mol. The Kier molecular flexibility index (Phi) is 4.45. The number of halogens is 2. The van der Waals surface area contributed by atoms with Crippen molar-refractivity contribution in [1.29, 1.82) is 0 Å². The lowest BCUT2D eigenvalue weighted by atomic mass is 10.0. The highest BCUT2D eigenvalue weighted by Gasteiger charge is 2.22. The Balaban J connectivity index is 2.52. The zero-order chi connectivity index (χ0) is 14.9. The molecule has 1 unspecified atom stereocenters. The average Bonchev–Trinajstić information content (AvgIpc) is 2.77. The highest BCUT2D eigenvalue weighted by atomic mass is 35.5. The molecular formula is C15H19ClFN3. The minimum Gasteiger partial charge on any atom is -0.308 e. The molecule has 0 aliphatic carbocycles. The van der Waals surface area contributed by atoms with Crippen LogP contribution >= 0.6 is 11.6 Å².